The molecule has 0 bridgehead atoms. The van der Waals surface area contributed by atoms with E-state index in [9.17, 15) is 28.5 Å². The molecule has 1 saturated heterocycles. The Balaban J connectivity index is 1.67. The van der Waals surface area contributed by atoms with Crippen LogP contribution in [0.25, 0.3) is 0 Å². The number of carbonyl (C=O) groups is 2. The molecule has 1 N–H and O–H groups in total. The molecule has 0 saturated carbocycles. The minimum Gasteiger partial charge on any atom is -0.338 e. The fourth-order valence-electron chi connectivity index (χ4n) is 3.13. The lowest BCUT2D eigenvalue weighted by atomic mass is 9.96. The second-order valence-electron chi connectivity index (χ2n) is 6.51. The van der Waals surface area contributed by atoms with Crippen molar-refractivity contribution in [2.45, 2.75) is 12.8 Å². The molecule has 0 spiro atoms. The molecule has 1 atom stereocenters. The van der Waals surface area contributed by atoms with E-state index in [0.29, 0.717) is 24.9 Å². The van der Waals surface area contributed by atoms with Gasteiger partial charge in [0.2, 0.25) is 11.7 Å². The van der Waals surface area contributed by atoms with E-state index in [1.54, 1.807) is 0 Å². The summed E-state index contributed by atoms with van der Waals surface area (Å²) in [6.45, 7) is 0.646. The number of nitro benzene ring substituents is 1. The lowest BCUT2D eigenvalue weighted by Gasteiger charge is -2.32. The van der Waals surface area contributed by atoms with Gasteiger partial charge in [0.1, 0.15) is 5.82 Å². The highest BCUT2D eigenvalue weighted by atomic mass is 19.1. The number of likely N-dealkylation sites (tertiary alicyclic amines) is 1. The summed E-state index contributed by atoms with van der Waals surface area (Å²) in [7, 11) is 0. The molecule has 1 aliphatic rings. The number of carbonyl (C=O) groups excluding carboxylic acids is 2. The van der Waals surface area contributed by atoms with Crippen LogP contribution in [0.2, 0.25) is 0 Å². The normalized spacial score (nSPS) is 16.5. The number of halogens is 2. The molecule has 2 aromatic carbocycles. The minimum atomic E-state index is -0.989. The van der Waals surface area contributed by atoms with Crippen LogP contribution in [0.1, 0.15) is 23.2 Å². The van der Waals surface area contributed by atoms with Crippen LogP contribution in [0.4, 0.5) is 20.2 Å². The fourth-order valence-corrected chi connectivity index (χ4v) is 3.13. The number of hydrogen-bond acceptors (Lipinski definition) is 4. The number of nitrogens with one attached hydrogen (secondary N) is 1. The van der Waals surface area contributed by atoms with Crippen molar-refractivity contribution >= 4 is 23.2 Å². The van der Waals surface area contributed by atoms with Crippen molar-refractivity contribution in [3.63, 3.8) is 0 Å². The van der Waals surface area contributed by atoms with E-state index in [1.165, 1.54) is 35.2 Å². The molecular formula is C19H17F2N3O4. The minimum absolute atomic E-state index is 0.111. The first kappa shape index (κ1) is 19.4. The van der Waals surface area contributed by atoms with Gasteiger partial charge in [-0.05, 0) is 49.2 Å². The highest BCUT2D eigenvalue weighted by molar-refractivity contribution is 5.96. The number of amides is 2. The third kappa shape index (κ3) is 4.30. The molecule has 0 radical (unpaired) electrons. The van der Waals surface area contributed by atoms with E-state index < -0.39 is 34.1 Å². The van der Waals surface area contributed by atoms with Crippen LogP contribution in [0.15, 0.2) is 42.5 Å². The Morgan fingerprint density at radius 3 is 2.54 bits per heavy atom. The van der Waals surface area contributed by atoms with Gasteiger partial charge in [-0.25, -0.2) is 4.39 Å². The van der Waals surface area contributed by atoms with Crippen LogP contribution in [-0.2, 0) is 4.79 Å². The maximum absolute atomic E-state index is 13.4. The first-order chi connectivity index (χ1) is 13.3. The Bertz CT molecular complexity index is 918. The molecule has 146 valence electrons. The maximum Gasteiger partial charge on any atom is 0.306 e. The van der Waals surface area contributed by atoms with E-state index in [0.717, 1.165) is 12.1 Å². The SMILES string of the molecule is O=C(Nc1ccc(F)c([N+](=O)[O-])c1)C1CCCN(C(=O)c2ccc(F)cc2)C1. The van der Waals surface area contributed by atoms with Crippen molar-refractivity contribution in [3.8, 4) is 0 Å². The average molecular weight is 389 g/mol. The predicted octanol–water partition coefficient (Wildman–Crippen LogP) is 3.36. The number of benzene rings is 2. The highest BCUT2D eigenvalue weighted by Gasteiger charge is 2.29. The van der Waals surface area contributed by atoms with E-state index in [-0.39, 0.29) is 18.1 Å². The van der Waals surface area contributed by atoms with Gasteiger partial charge in [-0.3, -0.25) is 19.7 Å². The summed E-state index contributed by atoms with van der Waals surface area (Å²) in [6, 6.07) is 8.28. The van der Waals surface area contributed by atoms with Gasteiger partial charge < -0.3 is 10.2 Å². The second kappa shape index (κ2) is 8.12. The van der Waals surface area contributed by atoms with Crippen molar-refractivity contribution in [1.29, 1.82) is 0 Å². The van der Waals surface area contributed by atoms with E-state index in [4.69, 9.17) is 0 Å². The summed E-state index contributed by atoms with van der Waals surface area (Å²) in [6.07, 6.45) is 1.15. The van der Waals surface area contributed by atoms with Crippen LogP contribution in [-0.4, -0.2) is 34.7 Å². The number of piperidine rings is 1. The number of rotatable bonds is 4. The summed E-state index contributed by atoms with van der Waals surface area (Å²) >= 11 is 0. The van der Waals surface area contributed by atoms with Gasteiger partial charge in [0, 0.05) is 30.4 Å². The third-order valence-corrected chi connectivity index (χ3v) is 4.58. The van der Waals surface area contributed by atoms with Gasteiger partial charge in [0.15, 0.2) is 0 Å². The number of nitrogens with zero attached hydrogens (tertiary/aromatic N) is 2. The molecule has 1 heterocycles. The first-order valence-electron chi connectivity index (χ1n) is 8.65. The fraction of sp³-hybridized carbons (Fsp3) is 0.263. The van der Waals surface area contributed by atoms with Gasteiger partial charge in [-0.2, -0.15) is 4.39 Å². The Morgan fingerprint density at radius 1 is 1.14 bits per heavy atom. The Morgan fingerprint density at radius 2 is 1.86 bits per heavy atom. The Kier molecular flexibility index (Phi) is 5.62. The molecular weight excluding hydrogens is 372 g/mol. The lowest BCUT2D eigenvalue weighted by Crippen LogP contribution is -2.43. The third-order valence-electron chi connectivity index (χ3n) is 4.58. The summed E-state index contributed by atoms with van der Waals surface area (Å²) in [5.41, 5.74) is -0.286. The second-order valence-corrected chi connectivity index (χ2v) is 6.51. The highest BCUT2D eigenvalue weighted by Crippen LogP contribution is 2.24. The zero-order valence-corrected chi connectivity index (χ0v) is 14.7. The molecule has 7 nitrogen and oxygen atoms in total. The summed E-state index contributed by atoms with van der Waals surface area (Å²) in [5.74, 6) is -2.65. The maximum atomic E-state index is 13.4. The molecule has 2 aromatic rings. The molecule has 1 unspecified atom stereocenters. The van der Waals surface area contributed by atoms with Crippen LogP contribution in [0, 0.1) is 27.7 Å². The monoisotopic (exact) mass is 389 g/mol. The molecule has 9 heteroatoms. The smallest absolute Gasteiger partial charge is 0.306 e. The summed E-state index contributed by atoms with van der Waals surface area (Å²) in [4.78, 5) is 36.5. The van der Waals surface area contributed by atoms with E-state index in [2.05, 4.69) is 5.32 Å². The average Bonchev–Trinajstić information content (AvgIpc) is 2.69. The molecule has 0 aromatic heterocycles. The van der Waals surface area contributed by atoms with E-state index in [1.807, 2.05) is 0 Å². The molecule has 0 aliphatic carbocycles. The number of nitro groups is 1. The summed E-state index contributed by atoms with van der Waals surface area (Å²) in [5, 5.41) is 13.4. The molecule has 2 amide bonds. The first-order valence-corrected chi connectivity index (χ1v) is 8.65. The topological polar surface area (TPSA) is 92.5 Å². The number of hydrogen-bond donors (Lipinski definition) is 1. The quantitative estimate of drug-likeness (QED) is 0.641. The van der Waals surface area contributed by atoms with Crippen LogP contribution < -0.4 is 5.32 Å². The van der Waals surface area contributed by atoms with Crippen molar-refractivity contribution < 1.29 is 23.3 Å². The van der Waals surface area contributed by atoms with Crippen LogP contribution in [0.3, 0.4) is 0 Å². The predicted molar refractivity (Wildman–Crippen MR) is 96.7 cm³/mol. The van der Waals surface area contributed by atoms with Crippen molar-refractivity contribution in [2.75, 3.05) is 18.4 Å². The van der Waals surface area contributed by atoms with Crippen molar-refractivity contribution in [2.24, 2.45) is 5.92 Å². The van der Waals surface area contributed by atoms with Crippen molar-refractivity contribution in [1.82, 2.24) is 4.90 Å². The van der Waals surface area contributed by atoms with E-state index >= 15 is 0 Å². The van der Waals surface area contributed by atoms with Crippen molar-refractivity contribution in [3.05, 3.63) is 69.8 Å². The van der Waals surface area contributed by atoms with Gasteiger partial charge in [0.05, 0.1) is 10.8 Å². The van der Waals surface area contributed by atoms with Gasteiger partial charge in [0.25, 0.3) is 5.91 Å². The molecule has 28 heavy (non-hydrogen) atoms. The Labute approximate surface area is 159 Å². The number of anilines is 1. The van der Waals surface area contributed by atoms with Gasteiger partial charge in [-0.1, -0.05) is 0 Å². The molecule has 3 rings (SSSR count). The van der Waals surface area contributed by atoms with Crippen LogP contribution in [0.5, 0.6) is 0 Å². The summed E-state index contributed by atoms with van der Waals surface area (Å²) < 4.78 is 26.4. The van der Waals surface area contributed by atoms with Gasteiger partial charge >= 0.3 is 5.69 Å². The molecule has 1 aliphatic heterocycles. The lowest BCUT2D eigenvalue weighted by molar-refractivity contribution is -0.387. The molecule has 1 fully saturated rings. The largest absolute Gasteiger partial charge is 0.338 e. The van der Waals surface area contributed by atoms with Crippen LogP contribution >= 0.6 is 0 Å². The Hall–Kier alpha value is -3.36. The standard InChI is InChI=1S/C19H17F2N3O4/c20-14-5-3-12(4-6-14)19(26)23-9-1-2-13(11-23)18(25)22-15-7-8-16(21)17(10-15)24(27)28/h3-8,10,13H,1-2,9,11H2,(H,22,25). The zero-order valence-electron chi connectivity index (χ0n) is 14.7. The zero-order chi connectivity index (χ0) is 20.3. The van der Waals surface area contributed by atoms with Gasteiger partial charge in [-0.15, -0.1) is 0 Å².